The molecule has 1 aromatic carbocycles. The molecule has 0 aromatic heterocycles. The molecule has 2 unspecified atom stereocenters. The summed E-state index contributed by atoms with van der Waals surface area (Å²) in [6.07, 6.45) is 1.11. The Kier molecular flexibility index (Phi) is 6.68. The number of carboxylic acids is 1. The topological polar surface area (TPSA) is 52.6 Å². The Hall–Kier alpha value is -1.39. The molecule has 1 rings (SSSR count). The van der Waals surface area contributed by atoms with Crippen LogP contribution in [0, 0.1) is 0 Å². The number of carboxylic acid groups (broad SMARTS) is 1. The molecule has 4 heteroatoms. The van der Waals surface area contributed by atoms with Gasteiger partial charge in [0.2, 0.25) is 0 Å². The van der Waals surface area contributed by atoms with Gasteiger partial charge in [-0.3, -0.25) is 4.79 Å². The molecule has 2 atom stereocenters. The maximum atomic E-state index is 10.9. The normalized spacial score (nSPS) is 14.2. The highest BCUT2D eigenvalue weighted by Gasteiger charge is 2.12. The van der Waals surface area contributed by atoms with E-state index in [9.17, 15) is 4.79 Å². The molecule has 0 heterocycles. The number of nitrogens with zero attached hydrogens (tertiary/aromatic N) is 1. The molecular formula is C16H26N2O2. The predicted octanol–water partition coefficient (Wildman–Crippen LogP) is 2.30. The van der Waals surface area contributed by atoms with Gasteiger partial charge in [-0.1, -0.05) is 24.3 Å². The van der Waals surface area contributed by atoms with Gasteiger partial charge in [-0.25, -0.2) is 0 Å². The third-order valence-corrected chi connectivity index (χ3v) is 3.51. The zero-order valence-electron chi connectivity index (χ0n) is 12.9. The largest absolute Gasteiger partial charge is 0.481 e. The predicted molar refractivity (Wildman–Crippen MR) is 82.0 cm³/mol. The van der Waals surface area contributed by atoms with Crippen molar-refractivity contribution in [2.45, 2.75) is 38.8 Å². The van der Waals surface area contributed by atoms with Gasteiger partial charge in [-0.15, -0.1) is 0 Å². The third kappa shape index (κ3) is 5.72. The molecule has 112 valence electrons. The summed E-state index contributed by atoms with van der Waals surface area (Å²) in [4.78, 5) is 13.1. The molecule has 20 heavy (non-hydrogen) atoms. The molecule has 0 aliphatic carbocycles. The van der Waals surface area contributed by atoms with E-state index < -0.39 is 11.9 Å². The van der Waals surface area contributed by atoms with Crippen molar-refractivity contribution in [1.82, 2.24) is 10.2 Å². The molecule has 0 fully saturated rings. The zero-order valence-corrected chi connectivity index (χ0v) is 12.9. The number of hydrogen-bond acceptors (Lipinski definition) is 3. The summed E-state index contributed by atoms with van der Waals surface area (Å²) in [6.45, 7) is 5.78. The second-order valence-electron chi connectivity index (χ2n) is 5.68. The second-order valence-corrected chi connectivity index (χ2v) is 5.68. The van der Waals surface area contributed by atoms with Crippen molar-refractivity contribution in [3.05, 3.63) is 35.4 Å². The van der Waals surface area contributed by atoms with Crippen LogP contribution in [0.5, 0.6) is 0 Å². The van der Waals surface area contributed by atoms with Crippen LogP contribution < -0.4 is 5.32 Å². The van der Waals surface area contributed by atoms with Gasteiger partial charge in [0.05, 0.1) is 5.92 Å². The summed E-state index contributed by atoms with van der Waals surface area (Å²) < 4.78 is 0. The smallest absolute Gasteiger partial charge is 0.310 e. The Labute approximate surface area is 121 Å². The first-order chi connectivity index (χ1) is 9.40. The summed E-state index contributed by atoms with van der Waals surface area (Å²) in [5, 5.41) is 12.5. The van der Waals surface area contributed by atoms with Crippen LogP contribution in [0.25, 0.3) is 0 Å². The van der Waals surface area contributed by atoms with E-state index in [0.29, 0.717) is 6.04 Å². The van der Waals surface area contributed by atoms with Gasteiger partial charge in [0.15, 0.2) is 0 Å². The fourth-order valence-corrected chi connectivity index (χ4v) is 1.91. The van der Waals surface area contributed by atoms with Crippen molar-refractivity contribution in [2.24, 2.45) is 0 Å². The lowest BCUT2D eigenvalue weighted by Gasteiger charge is -2.17. The summed E-state index contributed by atoms with van der Waals surface area (Å²) in [6, 6.07) is 8.27. The highest BCUT2D eigenvalue weighted by atomic mass is 16.4. The summed E-state index contributed by atoms with van der Waals surface area (Å²) >= 11 is 0. The summed E-state index contributed by atoms with van der Waals surface area (Å²) in [7, 11) is 4.16. The van der Waals surface area contributed by atoms with E-state index in [2.05, 4.69) is 31.2 Å². The van der Waals surface area contributed by atoms with Crippen molar-refractivity contribution in [3.8, 4) is 0 Å². The number of benzene rings is 1. The summed E-state index contributed by atoms with van der Waals surface area (Å²) in [5.74, 6) is -1.23. The van der Waals surface area contributed by atoms with Gasteiger partial charge in [0.25, 0.3) is 0 Å². The van der Waals surface area contributed by atoms with Crippen molar-refractivity contribution < 1.29 is 9.90 Å². The maximum Gasteiger partial charge on any atom is 0.310 e. The van der Waals surface area contributed by atoms with Crippen LogP contribution in [0.4, 0.5) is 0 Å². The molecule has 2 N–H and O–H groups in total. The Morgan fingerprint density at radius 3 is 2.35 bits per heavy atom. The minimum atomic E-state index is -0.784. The first-order valence-electron chi connectivity index (χ1n) is 7.10. The minimum absolute atomic E-state index is 0.448. The molecule has 0 saturated carbocycles. The Balaban J connectivity index is 2.44. The molecule has 0 amide bonds. The Bertz CT molecular complexity index is 415. The zero-order chi connectivity index (χ0) is 15.1. The maximum absolute atomic E-state index is 10.9. The molecule has 1 aromatic rings. The lowest BCUT2D eigenvalue weighted by atomic mass is 10.00. The number of carbonyl (C=O) groups is 1. The first-order valence-corrected chi connectivity index (χ1v) is 7.10. The van der Waals surface area contributed by atoms with E-state index in [1.807, 2.05) is 24.3 Å². The highest BCUT2D eigenvalue weighted by Crippen LogP contribution is 2.16. The number of aliphatic carboxylic acids is 1. The van der Waals surface area contributed by atoms with E-state index in [1.165, 1.54) is 5.56 Å². The van der Waals surface area contributed by atoms with E-state index in [0.717, 1.165) is 25.1 Å². The molecular weight excluding hydrogens is 252 g/mol. The molecule has 0 aliphatic heterocycles. The number of hydrogen-bond donors (Lipinski definition) is 2. The van der Waals surface area contributed by atoms with Gasteiger partial charge < -0.3 is 15.3 Å². The fourth-order valence-electron chi connectivity index (χ4n) is 1.91. The fraction of sp³-hybridized carbons (Fsp3) is 0.562. The van der Waals surface area contributed by atoms with Crippen LogP contribution in [-0.4, -0.2) is 42.7 Å². The molecule has 0 spiro atoms. The van der Waals surface area contributed by atoms with Crippen LogP contribution in [0.1, 0.15) is 37.3 Å². The molecule has 0 radical (unpaired) electrons. The van der Waals surface area contributed by atoms with E-state index in [4.69, 9.17) is 5.11 Å². The lowest BCUT2D eigenvalue weighted by Crippen LogP contribution is -2.29. The Morgan fingerprint density at radius 1 is 1.25 bits per heavy atom. The number of nitrogens with one attached hydrogen (secondary N) is 1. The quantitative estimate of drug-likeness (QED) is 0.766. The van der Waals surface area contributed by atoms with Gasteiger partial charge in [0.1, 0.15) is 0 Å². The second kappa shape index (κ2) is 8.02. The van der Waals surface area contributed by atoms with Gasteiger partial charge in [-0.05, 0) is 52.0 Å². The van der Waals surface area contributed by atoms with Crippen molar-refractivity contribution >= 4 is 5.97 Å². The lowest BCUT2D eigenvalue weighted by molar-refractivity contribution is -0.138. The monoisotopic (exact) mass is 278 g/mol. The van der Waals surface area contributed by atoms with Crippen molar-refractivity contribution in [1.29, 1.82) is 0 Å². The van der Waals surface area contributed by atoms with Crippen molar-refractivity contribution in [2.75, 3.05) is 20.6 Å². The molecule has 0 bridgehead atoms. The minimum Gasteiger partial charge on any atom is -0.481 e. The van der Waals surface area contributed by atoms with Gasteiger partial charge in [-0.2, -0.15) is 0 Å². The average Bonchev–Trinajstić information content (AvgIpc) is 2.42. The van der Waals surface area contributed by atoms with Crippen molar-refractivity contribution in [3.63, 3.8) is 0 Å². The molecule has 4 nitrogen and oxygen atoms in total. The van der Waals surface area contributed by atoms with E-state index >= 15 is 0 Å². The molecule has 0 saturated heterocycles. The van der Waals surface area contributed by atoms with Crippen LogP contribution in [-0.2, 0) is 11.3 Å². The first kappa shape index (κ1) is 16.7. The van der Waals surface area contributed by atoms with E-state index in [1.54, 1.807) is 6.92 Å². The van der Waals surface area contributed by atoms with Crippen LogP contribution >= 0.6 is 0 Å². The highest BCUT2D eigenvalue weighted by molar-refractivity contribution is 5.75. The van der Waals surface area contributed by atoms with E-state index in [-0.39, 0.29) is 0 Å². The number of rotatable bonds is 8. The average molecular weight is 278 g/mol. The van der Waals surface area contributed by atoms with Crippen LogP contribution in [0.2, 0.25) is 0 Å². The molecule has 0 aliphatic rings. The SMILES string of the molecule is CC(CCN(C)C)NCc1ccc(C(C)C(=O)O)cc1. The Morgan fingerprint density at radius 2 is 1.85 bits per heavy atom. The third-order valence-electron chi connectivity index (χ3n) is 3.51. The van der Waals surface area contributed by atoms with Crippen LogP contribution in [0.15, 0.2) is 24.3 Å². The van der Waals surface area contributed by atoms with Gasteiger partial charge >= 0.3 is 5.97 Å². The van der Waals surface area contributed by atoms with Gasteiger partial charge in [0, 0.05) is 12.6 Å². The summed E-state index contributed by atoms with van der Waals surface area (Å²) in [5.41, 5.74) is 2.03. The standard InChI is InChI=1S/C16H26N2O2/c1-12(9-10-18(3)4)17-11-14-5-7-15(8-6-14)13(2)16(19)20/h5-8,12-13,17H,9-11H2,1-4H3,(H,19,20). The van der Waals surface area contributed by atoms with Crippen LogP contribution in [0.3, 0.4) is 0 Å².